The lowest BCUT2D eigenvalue weighted by Gasteiger charge is -2.04. The van der Waals surface area contributed by atoms with E-state index in [4.69, 9.17) is 20.9 Å². The summed E-state index contributed by atoms with van der Waals surface area (Å²) >= 11 is 5.71. The molecule has 5 nitrogen and oxygen atoms in total. The molecule has 1 unspecified atom stereocenters. The zero-order valence-electron chi connectivity index (χ0n) is 11.6. The van der Waals surface area contributed by atoms with Crippen molar-refractivity contribution < 1.29 is 18.4 Å². The van der Waals surface area contributed by atoms with Crippen molar-refractivity contribution in [1.82, 2.24) is 10.1 Å². The van der Waals surface area contributed by atoms with Gasteiger partial charge in [-0.25, -0.2) is 4.39 Å². The van der Waals surface area contributed by atoms with Gasteiger partial charge in [0, 0.05) is 6.42 Å². The van der Waals surface area contributed by atoms with Crippen LogP contribution in [0, 0.1) is 5.82 Å². The average molecular weight is 313 g/mol. The molecule has 0 bridgehead atoms. The molecule has 1 aromatic heterocycles. The van der Waals surface area contributed by atoms with Crippen LogP contribution in [0.15, 0.2) is 22.7 Å². The van der Waals surface area contributed by atoms with Gasteiger partial charge in [-0.15, -0.1) is 0 Å². The van der Waals surface area contributed by atoms with Gasteiger partial charge < -0.3 is 9.26 Å². The summed E-state index contributed by atoms with van der Waals surface area (Å²) in [5, 5.41) is 3.78. The lowest BCUT2D eigenvalue weighted by molar-refractivity contribution is -0.145. The van der Waals surface area contributed by atoms with E-state index < -0.39 is 17.7 Å². The number of esters is 1. The Labute approximate surface area is 126 Å². The first-order valence-electron chi connectivity index (χ1n) is 6.45. The summed E-state index contributed by atoms with van der Waals surface area (Å²) in [4.78, 5) is 15.7. The van der Waals surface area contributed by atoms with Crippen molar-refractivity contribution in [2.75, 3.05) is 6.61 Å². The Morgan fingerprint density at radius 2 is 2.29 bits per heavy atom. The van der Waals surface area contributed by atoms with E-state index in [1.54, 1.807) is 26.0 Å². The molecule has 0 radical (unpaired) electrons. The van der Waals surface area contributed by atoms with Crippen LogP contribution in [0.1, 0.15) is 37.0 Å². The van der Waals surface area contributed by atoms with Crippen LogP contribution in [-0.2, 0) is 16.0 Å². The summed E-state index contributed by atoms with van der Waals surface area (Å²) in [7, 11) is 0. The highest BCUT2D eigenvalue weighted by Gasteiger charge is 2.23. The summed E-state index contributed by atoms with van der Waals surface area (Å²) in [6, 6.07) is 4.69. The van der Waals surface area contributed by atoms with Crippen molar-refractivity contribution in [2.24, 2.45) is 0 Å². The number of carbonyl (C=O) groups excluding carboxylic acids is 1. The summed E-state index contributed by atoms with van der Waals surface area (Å²) in [5.41, 5.74) is 0.360. The molecular weight excluding hydrogens is 299 g/mol. The number of rotatable bonds is 5. The molecule has 21 heavy (non-hydrogen) atoms. The molecule has 0 aliphatic rings. The Hall–Kier alpha value is -1.95. The Morgan fingerprint density at radius 3 is 3.00 bits per heavy atom. The first-order valence-corrected chi connectivity index (χ1v) is 6.82. The van der Waals surface area contributed by atoms with Gasteiger partial charge in [0.15, 0.2) is 5.82 Å². The number of benzene rings is 1. The van der Waals surface area contributed by atoms with Crippen molar-refractivity contribution in [1.29, 1.82) is 0 Å². The molecule has 0 aliphatic carbocycles. The first-order chi connectivity index (χ1) is 10.0. The second kappa shape index (κ2) is 6.67. The fourth-order valence-corrected chi connectivity index (χ4v) is 1.93. The Kier molecular flexibility index (Phi) is 4.90. The van der Waals surface area contributed by atoms with E-state index in [2.05, 4.69) is 10.1 Å². The highest BCUT2D eigenvalue weighted by atomic mass is 35.5. The summed E-state index contributed by atoms with van der Waals surface area (Å²) < 4.78 is 23.7. The summed E-state index contributed by atoms with van der Waals surface area (Å²) in [6.45, 7) is 3.60. The van der Waals surface area contributed by atoms with E-state index in [0.29, 0.717) is 5.56 Å². The maximum absolute atomic E-state index is 13.8. The lowest BCUT2D eigenvalue weighted by atomic mass is 10.1. The van der Waals surface area contributed by atoms with Crippen LogP contribution >= 0.6 is 11.6 Å². The normalized spacial score (nSPS) is 12.2. The van der Waals surface area contributed by atoms with Gasteiger partial charge >= 0.3 is 5.97 Å². The molecule has 0 amide bonds. The Balaban J connectivity index is 2.13. The van der Waals surface area contributed by atoms with Crippen LogP contribution in [0.25, 0.3) is 0 Å². The van der Waals surface area contributed by atoms with Gasteiger partial charge in [0.1, 0.15) is 11.7 Å². The van der Waals surface area contributed by atoms with Gasteiger partial charge in [-0.05, 0) is 25.5 Å². The van der Waals surface area contributed by atoms with Crippen LogP contribution in [0.3, 0.4) is 0 Å². The van der Waals surface area contributed by atoms with Crippen LogP contribution < -0.4 is 0 Å². The maximum Gasteiger partial charge on any atom is 0.318 e. The van der Waals surface area contributed by atoms with E-state index in [1.807, 2.05) is 0 Å². The highest BCUT2D eigenvalue weighted by Crippen LogP contribution is 2.21. The minimum atomic E-state index is -0.657. The van der Waals surface area contributed by atoms with Gasteiger partial charge in [0.2, 0.25) is 5.89 Å². The van der Waals surface area contributed by atoms with Crippen LogP contribution in [0.2, 0.25) is 5.02 Å². The quantitative estimate of drug-likeness (QED) is 0.794. The molecule has 2 aromatic rings. The smallest absolute Gasteiger partial charge is 0.318 e. The molecule has 1 atom stereocenters. The largest absolute Gasteiger partial charge is 0.465 e. The maximum atomic E-state index is 13.8. The fraction of sp³-hybridized carbons (Fsp3) is 0.357. The molecule has 1 aromatic carbocycles. The second-order valence-corrected chi connectivity index (χ2v) is 4.82. The van der Waals surface area contributed by atoms with Crippen molar-refractivity contribution >= 4 is 17.6 Å². The standard InChI is InChI=1S/C14H14ClFN2O3/c1-3-20-14(19)8(2)13-17-11(18-21-13)7-9-5-4-6-10(15)12(9)16/h4-6,8H,3,7H2,1-2H3. The third-order valence-corrected chi connectivity index (χ3v) is 3.17. The molecule has 0 saturated heterocycles. The third-order valence-electron chi connectivity index (χ3n) is 2.87. The minimum Gasteiger partial charge on any atom is -0.465 e. The topological polar surface area (TPSA) is 65.2 Å². The predicted octanol–water partition coefficient (Wildman–Crippen LogP) is 3.12. The molecule has 2 rings (SSSR count). The molecular formula is C14H14ClFN2O3. The number of halogens is 2. The molecule has 0 saturated carbocycles. The molecule has 0 N–H and O–H groups in total. The summed E-state index contributed by atoms with van der Waals surface area (Å²) in [6.07, 6.45) is 0.130. The van der Waals surface area contributed by atoms with E-state index in [0.717, 1.165) is 0 Å². The molecule has 0 aliphatic heterocycles. The predicted molar refractivity (Wildman–Crippen MR) is 73.6 cm³/mol. The van der Waals surface area contributed by atoms with Gasteiger partial charge in [-0.3, -0.25) is 4.79 Å². The van der Waals surface area contributed by atoms with Gasteiger partial charge in [-0.2, -0.15) is 4.98 Å². The number of hydrogen-bond acceptors (Lipinski definition) is 5. The molecule has 7 heteroatoms. The minimum absolute atomic E-state index is 0.0381. The molecule has 0 fully saturated rings. The van der Waals surface area contributed by atoms with Crippen molar-refractivity contribution in [2.45, 2.75) is 26.2 Å². The Bertz CT molecular complexity index is 645. The number of hydrogen-bond donors (Lipinski definition) is 0. The first kappa shape index (κ1) is 15.4. The SMILES string of the molecule is CCOC(=O)C(C)c1nc(Cc2cccc(Cl)c2F)no1. The second-order valence-electron chi connectivity index (χ2n) is 4.41. The zero-order chi connectivity index (χ0) is 15.4. The van der Waals surface area contributed by atoms with Crippen molar-refractivity contribution in [3.8, 4) is 0 Å². The monoisotopic (exact) mass is 312 g/mol. The number of ether oxygens (including phenoxy) is 1. The van der Waals surface area contributed by atoms with E-state index in [-0.39, 0.29) is 29.8 Å². The molecule has 0 spiro atoms. The number of carbonyl (C=O) groups is 1. The van der Waals surface area contributed by atoms with Crippen LogP contribution in [-0.4, -0.2) is 22.7 Å². The fourth-order valence-electron chi connectivity index (χ4n) is 1.74. The third kappa shape index (κ3) is 3.58. The highest BCUT2D eigenvalue weighted by molar-refractivity contribution is 6.30. The van der Waals surface area contributed by atoms with Gasteiger partial charge in [-0.1, -0.05) is 28.9 Å². The van der Waals surface area contributed by atoms with Crippen LogP contribution in [0.4, 0.5) is 4.39 Å². The number of aromatic nitrogens is 2. The van der Waals surface area contributed by atoms with Crippen molar-refractivity contribution in [3.63, 3.8) is 0 Å². The van der Waals surface area contributed by atoms with E-state index in [9.17, 15) is 9.18 Å². The van der Waals surface area contributed by atoms with E-state index in [1.165, 1.54) is 6.07 Å². The van der Waals surface area contributed by atoms with Gasteiger partial charge in [0.25, 0.3) is 0 Å². The van der Waals surface area contributed by atoms with E-state index >= 15 is 0 Å². The molecule has 1 heterocycles. The summed E-state index contributed by atoms with van der Waals surface area (Å²) in [5.74, 6) is -1.19. The van der Waals surface area contributed by atoms with Crippen molar-refractivity contribution in [3.05, 3.63) is 46.3 Å². The van der Waals surface area contributed by atoms with Crippen LogP contribution in [0.5, 0.6) is 0 Å². The average Bonchev–Trinajstić information content (AvgIpc) is 2.92. The van der Waals surface area contributed by atoms with Gasteiger partial charge in [0.05, 0.1) is 11.6 Å². The Morgan fingerprint density at radius 1 is 1.52 bits per heavy atom. The lowest BCUT2D eigenvalue weighted by Crippen LogP contribution is -2.13. The number of nitrogens with zero attached hydrogens (tertiary/aromatic N) is 2. The zero-order valence-corrected chi connectivity index (χ0v) is 12.4. The molecule has 112 valence electrons.